The summed E-state index contributed by atoms with van der Waals surface area (Å²) in [7, 11) is 0. The number of carbonyl (C=O) groups excluding carboxylic acids is 2. The molecule has 0 radical (unpaired) electrons. The van der Waals surface area contributed by atoms with E-state index in [9.17, 15) is 14.0 Å². The maximum Gasteiger partial charge on any atom is 0.246 e. The Morgan fingerprint density at radius 2 is 1.85 bits per heavy atom. The highest BCUT2D eigenvalue weighted by Gasteiger charge is 2.22. The van der Waals surface area contributed by atoms with Gasteiger partial charge < -0.3 is 15.5 Å². The Kier molecular flexibility index (Phi) is 6.54. The number of hydrogen-bond acceptors (Lipinski definition) is 3. The minimum atomic E-state index is -0.523. The van der Waals surface area contributed by atoms with Crippen LogP contribution in [-0.2, 0) is 9.59 Å². The third-order valence-corrected chi connectivity index (χ3v) is 4.63. The second-order valence-electron chi connectivity index (χ2n) is 6.63. The van der Waals surface area contributed by atoms with Crippen molar-refractivity contribution >= 4 is 17.5 Å². The molecule has 0 bridgehead atoms. The largest absolute Gasteiger partial charge is 0.343 e. The molecular weight excluding hydrogens is 345 g/mol. The fourth-order valence-electron chi connectivity index (χ4n) is 3.21. The van der Waals surface area contributed by atoms with Crippen LogP contribution in [0.5, 0.6) is 0 Å². The van der Waals surface area contributed by atoms with Crippen LogP contribution < -0.4 is 10.6 Å². The van der Waals surface area contributed by atoms with Crippen LogP contribution in [0, 0.1) is 5.82 Å². The summed E-state index contributed by atoms with van der Waals surface area (Å²) < 4.78 is 13.1. The number of nitrogens with one attached hydrogen (secondary N) is 2. The van der Waals surface area contributed by atoms with Crippen LogP contribution in [0.2, 0.25) is 0 Å². The van der Waals surface area contributed by atoms with Crippen molar-refractivity contribution in [3.8, 4) is 0 Å². The SMILES string of the molecule is O=C(Nc1ccc(F)cc1)[C@@H](NCCCN1CCCC1=O)c1ccccc1. The predicted molar refractivity (Wildman–Crippen MR) is 103 cm³/mol. The van der Waals surface area contributed by atoms with E-state index in [1.165, 1.54) is 24.3 Å². The molecule has 1 aliphatic rings. The summed E-state index contributed by atoms with van der Waals surface area (Å²) in [6.07, 6.45) is 2.35. The van der Waals surface area contributed by atoms with Crippen LogP contribution in [0.25, 0.3) is 0 Å². The lowest BCUT2D eigenvalue weighted by Gasteiger charge is -2.20. The lowest BCUT2D eigenvalue weighted by atomic mass is 10.1. The van der Waals surface area contributed by atoms with Crippen molar-refractivity contribution in [2.24, 2.45) is 0 Å². The van der Waals surface area contributed by atoms with Crippen molar-refractivity contribution in [2.75, 3.05) is 25.0 Å². The van der Waals surface area contributed by atoms with Gasteiger partial charge >= 0.3 is 0 Å². The van der Waals surface area contributed by atoms with Gasteiger partial charge in [0.25, 0.3) is 0 Å². The quantitative estimate of drug-likeness (QED) is 0.703. The number of nitrogens with zero attached hydrogens (tertiary/aromatic N) is 1. The topological polar surface area (TPSA) is 61.4 Å². The number of hydrogen-bond donors (Lipinski definition) is 2. The van der Waals surface area contributed by atoms with Crippen LogP contribution in [0.3, 0.4) is 0 Å². The van der Waals surface area contributed by atoms with Crippen LogP contribution in [0.1, 0.15) is 30.9 Å². The van der Waals surface area contributed by atoms with Gasteiger partial charge in [-0.05, 0) is 49.2 Å². The Morgan fingerprint density at radius 1 is 1.11 bits per heavy atom. The van der Waals surface area contributed by atoms with Gasteiger partial charge in [-0.2, -0.15) is 0 Å². The van der Waals surface area contributed by atoms with Crippen LogP contribution in [-0.4, -0.2) is 36.3 Å². The number of benzene rings is 2. The summed E-state index contributed by atoms with van der Waals surface area (Å²) in [6, 6.07) is 14.6. The van der Waals surface area contributed by atoms with Crippen LogP contribution in [0.4, 0.5) is 10.1 Å². The molecule has 0 aromatic heterocycles. The summed E-state index contributed by atoms with van der Waals surface area (Å²) in [5, 5.41) is 6.11. The lowest BCUT2D eigenvalue weighted by molar-refractivity contribution is -0.127. The van der Waals surface area contributed by atoms with E-state index in [0.717, 1.165) is 24.9 Å². The van der Waals surface area contributed by atoms with Gasteiger partial charge in [-0.15, -0.1) is 0 Å². The van der Waals surface area contributed by atoms with E-state index in [1.807, 2.05) is 35.2 Å². The number of carbonyl (C=O) groups is 2. The molecular formula is C21H24FN3O2. The third kappa shape index (κ3) is 5.37. The third-order valence-electron chi connectivity index (χ3n) is 4.63. The molecule has 0 unspecified atom stereocenters. The molecule has 2 N–H and O–H groups in total. The number of halogens is 1. The van der Waals surface area contributed by atoms with Gasteiger partial charge in [0.2, 0.25) is 11.8 Å². The van der Waals surface area contributed by atoms with Crippen molar-refractivity contribution in [1.82, 2.24) is 10.2 Å². The van der Waals surface area contributed by atoms with Gasteiger partial charge in [-0.1, -0.05) is 30.3 Å². The van der Waals surface area contributed by atoms with Gasteiger partial charge in [0.15, 0.2) is 0 Å². The van der Waals surface area contributed by atoms with E-state index in [-0.39, 0.29) is 17.6 Å². The summed E-state index contributed by atoms with van der Waals surface area (Å²) in [5.41, 5.74) is 1.40. The monoisotopic (exact) mass is 369 g/mol. The average Bonchev–Trinajstić information content (AvgIpc) is 3.09. The van der Waals surface area contributed by atoms with Crippen molar-refractivity contribution < 1.29 is 14.0 Å². The molecule has 142 valence electrons. The molecule has 3 rings (SSSR count). The van der Waals surface area contributed by atoms with Crippen molar-refractivity contribution in [3.63, 3.8) is 0 Å². The number of anilines is 1. The molecule has 1 atom stereocenters. The van der Waals surface area contributed by atoms with E-state index >= 15 is 0 Å². The Labute approximate surface area is 158 Å². The highest BCUT2D eigenvalue weighted by Crippen LogP contribution is 2.17. The highest BCUT2D eigenvalue weighted by atomic mass is 19.1. The molecule has 0 aliphatic carbocycles. The van der Waals surface area contributed by atoms with Crippen LogP contribution in [0.15, 0.2) is 54.6 Å². The number of rotatable bonds is 8. The van der Waals surface area contributed by atoms with Gasteiger partial charge in [-0.25, -0.2) is 4.39 Å². The van der Waals surface area contributed by atoms with E-state index in [1.54, 1.807) is 0 Å². The standard InChI is InChI=1S/C21H24FN3O2/c22-17-9-11-18(12-10-17)24-21(27)20(16-6-2-1-3-7-16)23-13-5-15-25-14-4-8-19(25)26/h1-3,6-7,9-12,20,23H,4-5,8,13-15H2,(H,24,27)/t20-/m0/s1. The minimum Gasteiger partial charge on any atom is -0.343 e. The second kappa shape index (κ2) is 9.28. The maximum absolute atomic E-state index is 13.1. The summed E-state index contributed by atoms with van der Waals surface area (Å²) in [5.74, 6) is -0.337. The molecule has 5 nitrogen and oxygen atoms in total. The normalized spacial score (nSPS) is 15.0. The Bertz CT molecular complexity index is 765. The lowest BCUT2D eigenvalue weighted by Crippen LogP contribution is -2.35. The van der Waals surface area contributed by atoms with Gasteiger partial charge in [0.1, 0.15) is 11.9 Å². The first-order valence-electron chi connectivity index (χ1n) is 9.26. The van der Waals surface area contributed by atoms with Crippen molar-refractivity contribution in [2.45, 2.75) is 25.3 Å². The zero-order chi connectivity index (χ0) is 19.1. The molecule has 0 saturated carbocycles. The molecule has 1 heterocycles. The Balaban J connectivity index is 1.59. The molecule has 6 heteroatoms. The smallest absolute Gasteiger partial charge is 0.246 e. The molecule has 2 aromatic carbocycles. The fourth-order valence-corrected chi connectivity index (χ4v) is 3.21. The zero-order valence-corrected chi connectivity index (χ0v) is 15.2. The van der Waals surface area contributed by atoms with E-state index in [4.69, 9.17) is 0 Å². The molecule has 1 fully saturated rings. The first kappa shape index (κ1) is 19.0. The van der Waals surface area contributed by atoms with Crippen molar-refractivity contribution in [1.29, 1.82) is 0 Å². The second-order valence-corrected chi connectivity index (χ2v) is 6.63. The summed E-state index contributed by atoms with van der Waals surface area (Å²) in [4.78, 5) is 26.3. The summed E-state index contributed by atoms with van der Waals surface area (Å²) in [6.45, 7) is 2.14. The van der Waals surface area contributed by atoms with Gasteiger partial charge in [0.05, 0.1) is 0 Å². The van der Waals surface area contributed by atoms with Gasteiger partial charge in [-0.3, -0.25) is 9.59 Å². The molecule has 2 amide bonds. The Morgan fingerprint density at radius 3 is 2.52 bits per heavy atom. The summed E-state index contributed by atoms with van der Waals surface area (Å²) >= 11 is 0. The minimum absolute atomic E-state index is 0.204. The van der Waals surface area contributed by atoms with E-state index < -0.39 is 6.04 Å². The Hall–Kier alpha value is -2.73. The first-order valence-corrected chi connectivity index (χ1v) is 9.26. The molecule has 1 saturated heterocycles. The number of likely N-dealkylation sites (tertiary alicyclic amines) is 1. The molecule has 1 aliphatic heterocycles. The zero-order valence-electron chi connectivity index (χ0n) is 15.2. The molecule has 2 aromatic rings. The van der Waals surface area contributed by atoms with Gasteiger partial charge in [0, 0.05) is 25.2 Å². The van der Waals surface area contributed by atoms with Crippen molar-refractivity contribution in [3.05, 3.63) is 66.0 Å². The number of amides is 2. The highest BCUT2D eigenvalue weighted by molar-refractivity contribution is 5.95. The van der Waals surface area contributed by atoms with E-state index in [2.05, 4.69) is 10.6 Å². The molecule has 27 heavy (non-hydrogen) atoms. The van der Waals surface area contributed by atoms with E-state index in [0.29, 0.717) is 25.2 Å². The molecule has 0 spiro atoms. The van der Waals surface area contributed by atoms with Crippen LogP contribution >= 0.6 is 0 Å². The fraction of sp³-hybridized carbons (Fsp3) is 0.333. The average molecular weight is 369 g/mol. The predicted octanol–water partition coefficient (Wildman–Crippen LogP) is 3.11. The first-order chi connectivity index (χ1) is 13.1. The maximum atomic E-state index is 13.1.